The maximum Gasteiger partial charge on any atom is 0.329 e. The first-order valence-corrected chi connectivity index (χ1v) is 21.8. The highest BCUT2D eigenvalue weighted by Gasteiger charge is 2.44. The van der Waals surface area contributed by atoms with Crippen molar-refractivity contribution < 1.29 is 23.9 Å². The van der Waals surface area contributed by atoms with E-state index < -0.39 is 17.5 Å². The summed E-state index contributed by atoms with van der Waals surface area (Å²) in [4.78, 5) is 64.1. The average molecular weight is 766 g/mol. The predicted molar refractivity (Wildman–Crippen MR) is 220 cm³/mol. The molecule has 4 rings (SSSR count). The largest absolute Gasteiger partial charge is 0.456 e. The number of rotatable bonds is 19. The second kappa shape index (κ2) is 21.5. The number of unbranched alkanes of at least 4 members (excludes halogenated alkanes) is 6. The molecule has 6 atom stereocenters. The molecule has 0 saturated carbocycles. The first-order chi connectivity index (χ1) is 26.2. The third-order valence-corrected chi connectivity index (χ3v) is 12.5. The number of likely N-dealkylation sites (tertiary alicyclic amines) is 3. The Hall–Kier alpha value is -2.98. The van der Waals surface area contributed by atoms with E-state index in [2.05, 4.69) is 35.9 Å². The van der Waals surface area contributed by atoms with Crippen LogP contribution in [0, 0.1) is 11.3 Å². The van der Waals surface area contributed by atoms with E-state index in [-0.39, 0.29) is 53.8 Å². The summed E-state index contributed by atoms with van der Waals surface area (Å²) >= 11 is 0. The zero-order valence-electron chi connectivity index (χ0n) is 35.7. The monoisotopic (exact) mass is 766 g/mol. The summed E-state index contributed by atoms with van der Waals surface area (Å²) in [5.74, 6) is -0.374. The van der Waals surface area contributed by atoms with Crippen LogP contribution < -0.4 is 5.32 Å². The Morgan fingerprint density at radius 3 is 2.13 bits per heavy atom. The van der Waals surface area contributed by atoms with Crippen molar-refractivity contribution in [3.63, 3.8) is 0 Å². The van der Waals surface area contributed by atoms with Gasteiger partial charge in [-0.05, 0) is 88.4 Å². The number of hydrogen-bond acceptors (Lipinski definition) is 7. The van der Waals surface area contributed by atoms with Crippen molar-refractivity contribution in [3.05, 3.63) is 35.9 Å². The highest BCUT2D eigenvalue weighted by atomic mass is 16.5. The van der Waals surface area contributed by atoms with Gasteiger partial charge < -0.3 is 19.9 Å². The van der Waals surface area contributed by atoms with Gasteiger partial charge in [-0.25, -0.2) is 4.79 Å². The van der Waals surface area contributed by atoms with Crippen LogP contribution in [0.25, 0.3) is 0 Å². The molecule has 10 nitrogen and oxygen atoms in total. The van der Waals surface area contributed by atoms with Gasteiger partial charge in [0.25, 0.3) is 0 Å². The van der Waals surface area contributed by atoms with Crippen LogP contribution in [0.1, 0.15) is 150 Å². The summed E-state index contributed by atoms with van der Waals surface area (Å²) in [5, 5.41) is 3.16. The van der Waals surface area contributed by atoms with E-state index in [0.717, 1.165) is 76.4 Å². The van der Waals surface area contributed by atoms with E-state index >= 15 is 0 Å². The van der Waals surface area contributed by atoms with Gasteiger partial charge in [-0.1, -0.05) is 117 Å². The number of piperidine rings is 1. The normalized spacial score (nSPS) is 22.7. The highest BCUT2D eigenvalue weighted by Crippen LogP contribution is 2.31. The van der Waals surface area contributed by atoms with Crippen molar-refractivity contribution in [2.45, 2.75) is 174 Å². The van der Waals surface area contributed by atoms with Gasteiger partial charge in [0.1, 0.15) is 18.2 Å². The van der Waals surface area contributed by atoms with Crippen LogP contribution >= 0.6 is 0 Å². The lowest BCUT2D eigenvalue weighted by atomic mass is 9.84. The van der Waals surface area contributed by atoms with E-state index in [1.807, 2.05) is 70.1 Å². The number of benzene rings is 1. The number of hydrogen-bond donors (Lipinski definition) is 1. The van der Waals surface area contributed by atoms with Crippen molar-refractivity contribution in [2.75, 3.05) is 40.3 Å². The minimum absolute atomic E-state index is 0.00629. The van der Waals surface area contributed by atoms with Crippen molar-refractivity contribution >= 4 is 23.7 Å². The molecule has 310 valence electrons. The van der Waals surface area contributed by atoms with Gasteiger partial charge >= 0.3 is 5.97 Å². The second-order valence-corrected chi connectivity index (χ2v) is 18.1. The fourth-order valence-electron chi connectivity index (χ4n) is 8.94. The van der Waals surface area contributed by atoms with E-state index in [4.69, 9.17) is 4.74 Å². The molecule has 10 heteroatoms. The van der Waals surface area contributed by atoms with E-state index in [0.29, 0.717) is 19.5 Å². The number of nitrogens with zero attached hydrogens (tertiary/aromatic N) is 4. The fraction of sp³-hybridized carbons (Fsp3) is 0.778. The summed E-state index contributed by atoms with van der Waals surface area (Å²) in [6.45, 7) is 15.2. The smallest absolute Gasteiger partial charge is 0.329 e. The molecule has 1 aromatic carbocycles. The molecule has 0 aromatic heterocycles. The van der Waals surface area contributed by atoms with E-state index in [1.54, 1.807) is 4.90 Å². The second-order valence-electron chi connectivity index (χ2n) is 18.1. The Balaban J connectivity index is 1.41. The molecule has 0 aliphatic carbocycles. The minimum atomic E-state index is -0.681. The number of ether oxygens (including phenoxy) is 1. The van der Waals surface area contributed by atoms with Crippen LogP contribution in [0.3, 0.4) is 0 Å². The molecule has 0 spiro atoms. The quantitative estimate of drug-likeness (QED) is 0.116. The summed E-state index contributed by atoms with van der Waals surface area (Å²) < 4.78 is 6.29. The number of esters is 1. The molecule has 2 unspecified atom stereocenters. The van der Waals surface area contributed by atoms with Gasteiger partial charge in [0.15, 0.2) is 0 Å². The number of likely N-dealkylation sites (N-methyl/N-ethyl adjacent to an activating group) is 2. The molecule has 1 aromatic rings. The zero-order chi connectivity index (χ0) is 40.1. The summed E-state index contributed by atoms with van der Waals surface area (Å²) in [5.41, 5.74) is 0.516. The van der Waals surface area contributed by atoms with Crippen molar-refractivity contribution in [3.8, 4) is 0 Å². The van der Waals surface area contributed by atoms with Gasteiger partial charge in [-0.3, -0.25) is 24.2 Å². The first-order valence-electron chi connectivity index (χ1n) is 21.8. The molecular formula is C45H75N5O5. The van der Waals surface area contributed by atoms with Crippen molar-refractivity contribution in [2.24, 2.45) is 11.3 Å². The summed E-state index contributed by atoms with van der Waals surface area (Å²) in [6, 6.07) is 8.02. The summed E-state index contributed by atoms with van der Waals surface area (Å²) in [6.07, 6.45) is 14.7. The highest BCUT2D eigenvalue weighted by molar-refractivity contribution is 5.91. The Morgan fingerprint density at radius 2 is 1.47 bits per heavy atom. The van der Waals surface area contributed by atoms with Crippen LogP contribution in [-0.4, -0.2) is 114 Å². The van der Waals surface area contributed by atoms with Crippen LogP contribution in [0.2, 0.25) is 0 Å². The Bertz CT molecular complexity index is 1360. The van der Waals surface area contributed by atoms with E-state index in [9.17, 15) is 19.2 Å². The summed E-state index contributed by atoms with van der Waals surface area (Å²) in [7, 11) is 3.83. The van der Waals surface area contributed by atoms with Gasteiger partial charge in [-0.2, -0.15) is 0 Å². The van der Waals surface area contributed by atoms with Crippen LogP contribution in [0.4, 0.5) is 0 Å². The SMILES string of the molecule is CCCCCCCCCC(OC(=O)[C@@H]1CCCN1C(=O)[C@@H]1CCCN1C[C@H](C(C)C)N(C)C(=O)[C@@H](NC(=O)C1CCCCN1C)C(C)(C)C)c1ccccc1. The van der Waals surface area contributed by atoms with Gasteiger partial charge in [-0.15, -0.1) is 0 Å². The third kappa shape index (κ3) is 12.5. The Morgan fingerprint density at radius 1 is 0.836 bits per heavy atom. The molecule has 0 radical (unpaired) electrons. The fourth-order valence-corrected chi connectivity index (χ4v) is 8.94. The lowest BCUT2D eigenvalue weighted by Gasteiger charge is -2.41. The van der Waals surface area contributed by atoms with Crippen LogP contribution in [0.5, 0.6) is 0 Å². The van der Waals surface area contributed by atoms with Crippen LogP contribution in [-0.2, 0) is 23.9 Å². The van der Waals surface area contributed by atoms with Crippen molar-refractivity contribution in [1.29, 1.82) is 0 Å². The number of carbonyl (C=O) groups excluding carboxylic acids is 4. The zero-order valence-corrected chi connectivity index (χ0v) is 35.7. The molecule has 55 heavy (non-hydrogen) atoms. The topological polar surface area (TPSA) is 102 Å². The Kier molecular flexibility index (Phi) is 17.5. The lowest BCUT2D eigenvalue weighted by molar-refractivity contribution is -0.160. The number of nitrogens with one attached hydrogen (secondary N) is 1. The van der Waals surface area contributed by atoms with Crippen LogP contribution in [0.15, 0.2) is 30.3 Å². The predicted octanol–water partition coefficient (Wildman–Crippen LogP) is 7.37. The van der Waals surface area contributed by atoms with Gasteiger partial charge in [0, 0.05) is 26.2 Å². The molecular weight excluding hydrogens is 691 g/mol. The molecule has 3 amide bonds. The molecule has 3 aliphatic heterocycles. The first kappa shape index (κ1) is 44.7. The Labute approximate surface area is 333 Å². The standard InChI is InChI=1S/C45H75N5O5/c1-9-10-11-12-13-14-18-28-39(34-23-16-15-17-24-34)55-44(54)37-27-22-31-50(37)42(52)36-26-21-30-49(36)32-38(33(2)3)48(8)43(53)40(45(4,5)6)46-41(51)35-25-19-20-29-47(35)7/h15-17,23-24,33,35-40H,9-14,18-22,25-32H2,1-8H3,(H,46,51)/t35?,36-,37-,38+,39?,40+/m0/s1. The minimum Gasteiger partial charge on any atom is -0.456 e. The number of carbonyl (C=O) groups is 4. The van der Waals surface area contributed by atoms with E-state index in [1.165, 1.54) is 32.1 Å². The molecule has 3 saturated heterocycles. The maximum absolute atomic E-state index is 14.4. The van der Waals surface area contributed by atoms with Gasteiger partial charge in [0.05, 0.1) is 12.1 Å². The van der Waals surface area contributed by atoms with Gasteiger partial charge in [0.2, 0.25) is 17.7 Å². The third-order valence-electron chi connectivity index (χ3n) is 12.5. The average Bonchev–Trinajstić information content (AvgIpc) is 3.85. The number of amides is 3. The lowest BCUT2D eigenvalue weighted by Crippen LogP contribution is -2.61. The molecule has 3 heterocycles. The maximum atomic E-state index is 14.4. The molecule has 0 bridgehead atoms. The molecule has 3 fully saturated rings. The van der Waals surface area contributed by atoms with Crippen molar-refractivity contribution in [1.82, 2.24) is 24.9 Å². The molecule has 3 aliphatic rings. The molecule has 1 N–H and O–H groups in total.